The van der Waals surface area contributed by atoms with E-state index in [0.29, 0.717) is 18.1 Å². The van der Waals surface area contributed by atoms with E-state index in [1.807, 2.05) is 18.2 Å². The molecule has 0 atom stereocenters. The van der Waals surface area contributed by atoms with Crippen LogP contribution in [0.15, 0.2) is 57.9 Å². The van der Waals surface area contributed by atoms with Gasteiger partial charge in [-0.3, -0.25) is 9.69 Å². The van der Waals surface area contributed by atoms with Crippen molar-refractivity contribution in [1.29, 1.82) is 0 Å². The van der Waals surface area contributed by atoms with E-state index in [0.717, 1.165) is 30.8 Å². The highest BCUT2D eigenvalue weighted by molar-refractivity contribution is 5.47. The molecular weight excluding hydrogens is 290 g/mol. The Bertz CT molecular complexity index is 854. The number of hydrogen-bond acceptors (Lipinski definition) is 4. The van der Waals surface area contributed by atoms with E-state index in [2.05, 4.69) is 27.0 Å². The van der Waals surface area contributed by atoms with Crippen molar-refractivity contribution < 1.29 is 4.42 Å². The first-order valence-corrected chi connectivity index (χ1v) is 7.72. The van der Waals surface area contributed by atoms with E-state index < -0.39 is 0 Å². The summed E-state index contributed by atoms with van der Waals surface area (Å²) in [4.78, 5) is 22.0. The molecule has 0 spiro atoms. The van der Waals surface area contributed by atoms with Crippen LogP contribution in [0.3, 0.4) is 0 Å². The Balaban J connectivity index is 1.62. The molecule has 0 aliphatic carbocycles. The van der Waals surface area contributed by atoms with Crippen LogP contribution in [0.4, 0.5) is 0 Å². The zero-order chi connectivity index (χ0) is 15.6. The summed E-state index contributed by atoms with van der Waals surface area (Å²) in [5, 5.41) is 0. The van der Waals surface area contributed by atoms with Crippen LogP contribution < -0.4 is 5.56 Å². The lowest BCUT2D eigenvalue weighted by atomic mass is 10.1. The van der Waals surface area contributed by atoms with Gasteiger partial charge in [0.15, 0.2) is 11.6 Å². The molecule has 2 aromatic heterocycles. The highest BCUT2D eigenvalue weighted by Crippen LogP contribution is 2.20. The van der Waals surface area contributed by atoms with Crippen molar-refractivity contribution in [3.8, 4) is 11.6 Å². The minimum atomic E-state index is -0.0549. The van der Waals surface area contributed by atoms with Gasteiger partial charge in [-0.1, -0.05) is 30.3 Å². The van der Waals surface area contributed by atoms with Gasteiger partial charge in [-0.25, -0.2) is 4.98 Å². The van der Waals surface area contributed by atoms with Crippen LogP contribution in [0.25, 0.3) is 11.6 Å². The van der Waals surface area contributed by atoms with Gasteiger partial charge in [0.2, 0.25) is 0 Å². The normalized spacial score (nSPS) is 14.6. The monoisotopic (exact) mass is 307 g/mol. The van der Waals surface area contributed by atoms with Gasteiger partial charge in [0.1, 0.15) is 0 Å². The van der Waals surface area contributed by atoms with E-state index in [1.165, 1.54) is 5.56 Å². The summed E-state index contributed by atoms with van der Waals surface area (Å²) in [6.45, 7) is 2.42. The molecule has 3 aromatic rings. The van der Waals surface area contributed by atoms with E-state index in [4.69, 9.17) is 4.42 Å². The van der Waals surface area contributed by atoms with Crippen molar-refractivity contribution in [2.75, 3.05) is 6.54 Å². The molecule has 0 saturated carbocycles. The number of benzene rings is 1. The Morgan fingerprint density at radius 3 is 2.83 bits per heavy atom. The Morgan fingerprint density at radius 1 is 1.17 bits per heavy atom. The fraction of sp³-hybridized carbons (Fsp3) is 0.222. The maximum absolute atomic E-state index is 12.3. The number of aromatic amines is 1. The molecule has 0 radical (unpaired) electrons. The predicted molar refractivity (Wildman–Crippen MR) is 86.8 cm³/mol. The molecular formula is C18H17N3O2. The summed E-state index contributed by atoms with van der Waals surface area (Å²) < 4.78 is 5.34. The number of furan rings is 1. The van der Waals surface area contributed by atoms with Crippen LogP contribution in [0, 0.1) is 0 Å². The second kappa shape index (κ2) is 5.85. The number of nitrogens with one attached hydrogen (secondary N) is 1. The number of nitrogens with zero attached hydrogens (tertiary/aromatic N) is 2. The van der Waals surface area contributed by atoms with Gasteiger partial charge in [-0.05, 0) is 24.1 Å². The maximum atomic E-state index is 12.3. The van der Waals surface area contributed by atoms with E-state index >= 15 is 0 Å². The third kappa shape index (κ3) is 2.83. The fourth-order valence-corrected chi connectivity index (χ4v) is 3.00. The van der Waals surface area contributed by atoms with E-state index in [-0.39, 0.29) is 5.56 Å². The zero-order valence-corrected chi connectivity index (χ0v) is 12.7. The minimum absolute atomic E-state index is 0.0549. The Labute approximate surface area is 133 Å². The summed E-state index contributed by atoms with van der Waals surface area (Å²) in [5.41, 5.74) is 2.86. The van der Waals surface area contributed by atoms with Gasteiger partial charge in [0.05, 0.1) is 12.0 Å². The number of fused-ring (bicyclic) bond motifs is 1. The van der Waals surface area contributed by atoms with Crippen molar-refractivity contribution in [2.24, 2.45) is 0 Å². The average Bonchev–Trinajstić information content (AvgIpc) is 3.10. The summed E-state index contributed by atoms with van der Waals surface area (Å²) in [5.74, 6) is 1.09. The van der Waals surface area contributed by atoms with Gasteiger partial charge in [0, 0.05) is 25.2 Å². The lowest BCUT2D eigenvalue weighted by molar-refractivity contribution is 0.240. The molecule has 0 unspecified atom stereocenters. The summed E-state index contributed by atoms with van der Waals surface area (Å²) >= 11 is 0. The molecule has 4 rings (SSSR count). The molecule has 0 bridgehead atoms. The molecule has 5 heteroatoms. The fourth-order valence-electron chi connectivity index (χ4n) is 3.00. The van der Waals surface area contributed by atoms with Crippen molar-refractivity contribution in [3.05, 3.63) is 75.9 Å². The van der Waals surface area contributed by atoms with Crippen LogP contribution in [-0.4, -0.2) is 21.4 Å². The third-order valence-electron chi connectivity index (χ3n) is 4.16. The van der Waals surface area contributed by atoms with Crippen LogP contribution in [0.2, 0.25) is 0 Å². The van der Waals surface area contributed by atoms with Gasteiger partial charge in [-0.2, -0.15) is 0 Å². The van der Waals surface area contributed by atoms with Gasteiger partial charge >= 0.3 is 0 Å². The second-order valence-corrected chi connectivity index (χ2v) is 5.76. The van der Waals surface area contributed by atoms with Crippen LogP contribution in [0.1, 0.15) is 16.8 Å². The van der Waals surface area contributed by atoms with Crippen LogP contribution in [0.5, 0.6) is 0 Å². The topological polar surface area (TPSA) is 62.1 Å². The third-order valence-corrected chi connectivity index (χ3v) is 4.16. The van der Waals surface area contributed by atoms with Gasteiger partial charge < -0.3 is 9.40 Å². The van der Waals surface area contributed by atoms with Crippen molar-refractivity contribution >= 4 is 0 Å². The Morgan fingerprint density at radius 2 is 2.04 bits per heavy atom. The number of H-pyrrole nitrogens is 1. The standard InChI is InChI=1S/C18H17N3O2/c22-18-14-8-9-21(11-13-5-2-1-3-6-13)12-15(14)19-17(20-18)16-7-4-10-23-16/h1-7,10H,8-9,11-12H2,(H,19,20,22). The molecule has 1 N–H and O–H groups in total. The highest BCUT2D eigenvalue weighted by Gasteiger charge is 2.21. The van der Waals surface area contributed by atoms with Gasteiger partial charge in [0.25, 0.3) is 5.56 Å². The SMILES string of the molecule is O=c1[nH]c(-c2ccco2)nc2c1CCN(Cc1ccccc1)C2. The lowest BCUT2D eigenvalue weighted by Gasteiger charge is -2.27. The van der Waals surface area contributed by atoms with Crippen LogP contribution >= 0.6 is 0 Å². The maximum Gasteiger partial charge on any atom is 0.254 e. The molecule has 0 fully saturated rings. The van der Waals surface area contributed by atoms with Crippen molar-refractivity contribution in [1.82, 2.24) is 14.9 Å². The predicted octanol–water partition coefficient (Wildman–Crippen LogP) is 2.59. The lowest BCUT2D eigenvalue weighted by Crippen LogP contribution is -2.35. The molecule has 1 aliphatic rings. The first-order chi connectivity index (χ1) is 11.3. The van der Waals surface area contributed by atoms with Crippen molar-refractivity contribution in [2.45, 2.75) is 19.5 Å². The first-order valence-electron chi connectivity index (χ1n) is 7.72. The van der Waals surface area contributed by atoms with E-state index in [1.54, 1.807) is 18.4 Å². The number of rotatable bonds is 3. The number of aromatic nitrogens is 2. The Hall–Kier alpha value is -2.66. The Kier molecular flexibility index (Phi) is 3.55. The minimum Gasteiger partial charge on any atom is -0.461 e. The summed E-state index contributed by atoms with van der Waals surface area (Å²) in [6.07, 6.45) is 2.30. The molecule has 0 saturated heterocycles. The molecule has 1 aromatic carbocycles. The molecule has 5 nitrogen and oxygen atoms in total. The molecule has 0 amide bonds. The summed E-state index contributed by atoms with van der Waals surface area (Å²) in [6, 6.07) is 13.9. The molecule has 23 heavy (non-hydrogen) atoms. The molecule has 3 heterocycles. The zero-order valence-electron chi connectivity index (χ0n) is 12.7. The number of hydrogen-bond donors (Lipinski definition) is 1. The average molecular weight is 307 g/mol. The van der Waals surface area contributed by atoms with Crippen LogP contribution in [-0.2, 0) is 19.5 Å². The largest absolute Gasteiger partial charge is 0.461 e. The highest BCUT2D eigenvalue weighted by atomic mass is 16.3. The first kappa shape index (κ1) is 14.0. The second-order valence-electron chi connectivity index (χ2n) is 5.76. The van der Waals surface area contributed by atoms with E-state index in [9.17, 15) is 4.79 Å². The quantitative estimate of drug-likeness (QED) is 0.808. The summed E-state index contributed by atoms with van der Waals surface area (Å²) in [7, 11) is 0. The molecule has 116 valence electrons. The molecule has 1 aliphatic heterocycles. The van der Waals surface area contributed by atoms with Crippen molar-refractivity contribution in [3.63, 3.8) is 0 Å². The van der Waals surface area contributed by atoms with Gasteiger partial charge in [-0.15, -0.1) is 0 Å². The smallest absolute Gasteiger partial charge is 0.254 e.